The molecule has 0 bridgehead atoms. The lowest BCUT2D eigenvalue weighted by Crippen LogP contribution is -2.31. The van der Waals surface area contributed by atoms with Crippen LogP contribution in [-0.2, 0) is 4.79 Å². The molecule has 0 aliphatic heterocycles. The maximum absolute atomic E-state index is 11.8. The summed E-state index contributed by atoms with van der Waals surface area (Å²) in [4.78, 5) is 14.5. The number of carbonyl (C=O) groups is 1. The van der Waals surface area contributed by atoms with Crippen LogP contribution >= 0.6 is 11.8 Å². The molecule has 0 aliphatic rings. The second-order valence-electron chi connectivity index (χ2n) is 3.49. The lowest BCUT2D eigenvalue weighted by atomic mass is 10.2. The highest BCUT2D eigenvalue weighted by molar-refractivity contribution is 8.00. The van der Waals surface area contributed by atoms with E-state index in [2.05, 4.69) is 6.07 Å². The van der Waals surface area contributed by atoms with E-state index < -0.39 is 0 Å². The number of carbonyl (C=O) groups excluding carboxylic acids is 1. The van der Waals surface area contributed by atoms with Crippen LogP contribution in [0, 0.1) is 11.3 Å². The zero-order valence-electron chi connectivity index (χ0n) is 10.1. The molecule has 4 heteroatoms. The van der Waals surface area contributed by atoms with Crippen molar-refractivity contribution in [3.63, 3.8) is 0 Å². The van der Waals surface area contributed by atoms with Gasteiger partial charge in [-0.15, -0.1) is 11.8 Å². The summed E-state index contributed by atoms with van der Waals surface area (Å²) in [6.07, 6.45) is 0. The highest BCUT2D eigenvalue weighted by Gasteiger charge is 2.09. The number of rotatable bonds is 5. The first-order valence-electron chi connectivity index (χ1n) is 5.62. The molecule has 90 valence electrons. The van der Waals surface area contributed by atoms with E-state index in [0.29, 0.717) is 11.3 Å². The molecule has 0 N–H and O–H groups in total. The van der Waals surface area contributed by atoms with Crippen LogP contribution in [0.5, 0.6) is 0 Å². The van der Waals surface area contributed by atoms with E-state index in [-0.39, 0.29) is 5.91 Å². The molecule has 0 aromatic heterocycles. The fraction of sp³-hybridized carbons (Fsp3) is 0.385. The van der Waals surface area contributed by atoms with Crippen LogP contribution in [0.4, 0.5) is 0 Å². The van der Waals surface area contributed by atoms with E-state index in [9.17, 15) is 4.79 Å². The number of amides is 1. The molecule has 17 heavy (non-hydrogen) atoms. The van der Waals surface area contributed by atoms with Crippen LogP contribution in [0.1, 0.15) is 19.4 Å². The summed E-state index contributed by atoms with van der Waals surface area (Å²) >= 11 is 1.47. The van der Waals surface area contributed by atoms with Crippen molar-refractivity contribution in [2.75, 3.05) is 18.8 Å². The fourth-order valence-electron chi connectivity index (χ4n) is 1.47. The first-order valence-corrected chi connectivity index (χ1v) is 6.60. The van der Waals surface area contributed by atoms with Gasteiger partial charge >= 0.3 is 0 Å². The van der Waals surface area contributed by atoms with Crippen molar-refractivity contribution in [1.82, 2.24) is 4.90 Å². The summed E-state index contributed by atoms with van der Waals surface area (Å²) in [5, 5.41) is 8.77. The maximum atomic E-state index is 11.8. The molecule has 3 nitrogen and oxygen atoms in total. The molecule has 0 spiro atoms. The molecule has 1 rings (SSSR count). The molecule has 0 aliphatic carbocycles. The second kappa shape index (κ2) is 6.97. The lowest BCUT2D eigenvalue weighted by molar-refractivity contribution is -0.127. The molecular formula is C13H16N2OS. The van der Waals surface area contributed by atoms with Gasteiger partial charge in [-0.3, -0.25) is 4.79 Å². The van der Waals surface area contributed by atoms with Crippen LogP contribution in [0.25, 0.3) is 0 Å². The Balaban J connectivity index is 2.55. The van der Waals surface area contributed by atoms with E-state index in [0.717, 1.165) is 18.0 Å². The normalized spacial score (nSPS) is 9.71. The van der Waals surface area contributed by atoms with Gasteiger partial charge in [0.25, 0.3) is 0 Å². The Hall–Kier alpha value is -1.47. The molecule has 1 aromatic carbocycles. The van der Waals surface area contributed by atoms with Gasteiger partial charge in [-0.25, -0.2) is 0 Å². The molecule has 0 atom stereocenters. The number of thioether (sulfide) groups is 1. The molecule has 0 fully saturated rings. The third-order valence-electron chi connectivity index (χ3n) is 2.44. The van der Waals surface area contributed by atoms with Crippen molar-refractivity contribution in [3.05, 3.63) is 29.8 Å². The van der Waals surface area contributed by atoms with E-state index in [1.165, 1.54) is 11.8 Å². The highest BCUT2D eigenvalue weighted by Crippen LogP contribution is 2.19. The monoisotopic (exact) mass is 248 g/mol. The quantitative estimate of drug-likeness (QED) is 0.752. The van der Waals surface area contributed by atoms with Crippen LogP contribution in [0.2, 0.25) is 0 Å². The van der Waals surface area contributed by atoms with Gasteiger partial charge < -0.3 is 4.90 Å². The summed E-state index contributed by atoms with van der Waals surface area (Å²) in [5.74, 6) is 0.568. The summed E-state index contributed by atoms with van der Waals surface area (Å²) < 4.78 is 0. The predicted molar refractivity (Wildman–Crippen MR) is 69.8 cm³/mol. The topological polar surface area (TPSA) is 44.1 Å². The van der Waals surface area contributed by atoms with E-state index >= 15 is 0 Å². The summed E-state index contributed by atoms with van der Waals surface area (Å²) in [7, 11) is 0. The molecule has 0 heterocycles. The Kier molecular flexibility index (Phi) is 5.58. The standard InChI is InChI=1S/C13H16N2OS/c1-3-15(4-2)13(16)10-17-12-7-5-6-11(8-12)9-14/h5-8H,3-4,10H2,1-2H3. The van der Waals surface area contributed by atoms with Gasteiger partial charge in [0, 0.05) is 18.0 Å². The van der Waals surface area contributed by atoms with Crippen molar-refractivity contribution in [1.29, 1.82) is 5.26 Å². The largest absolute Gasteiger partial charge is 0.343 e. The minimum absolute atomic E-state index is 0.141. The zero-order valence-corrected chi connectivity index (χ0v) is 11.0. The Morgan fingerprint density at radius 2 is 2.12 bits per heavy atom. The number of nitrogens with zero attached hydrogens (tertiary/aromatic N) is 2. The number of hydrogen-bond acceptors (Lipinski definition) is 3. The highest BCUT2D eigenvalue weighted by atomic mass is 32.2. The minimum atomic E-state index is 0.141. The van der Waals surface area contributed by atoms with Gasteiger partial charge in [0.05, 0.1) is 17.4 Å². The number of benzene rings is 1. The first kappa shape index (κ1) is 13.6. The smallest absolute Gasteiger partial charge is 0.232 e. The van der Waals surface area contributed by atoms with E-state index in [1.807, 2.05) is 26.0 Å². The summed E-state index contributed by atoms with van der Waals surface area (Å²) in [5.41, 5.74) is 0.630. The van der Waals surface area contributed by atoms with Gasteiger partial charge in [-0.2, -0.15) is 5.26 Å². The average molecular weight is 248 g/mol. The fourth-order valence-corrected chi connectivity index (χ4v) is 2.33. The predicted octanol–water partition coefficient (Wildman–Crippen LogP) is 2.52. The Labute approximate surface area is 106 Å². The molecule has 1 amide bonds. The van der Waals surface area contributed by atoms with Crippen LogP contribution in [0.15, 0.2) is 29.2 Å². The van der Waals surface area contributed by atoms with Crippen molar-refractivity contribution < 1.29 is 4.79 Å². The van der Waals surface area contributed by atoms with Gasteiger partial charge in [0.2, 0.25) is 5.91 Å². The van der Waals surface area contributed by atoms with Gasteiger partial charge in [-0.05, 0) is 32.0 Å². The maximum Gasteiger partial charge on any atom is 0.232 e. The van der Waals surface area contributed by atoms with E-state index in [4.69, 9.17) is 5.26 Å². The Morgan fingerprint density at radius 1 is 1.41 bits per heavy atom. The Bertz CT molecular complexity index is 422. The molecule has 0 saturated heterocycles. The van der Waals surface area contributed by atoms with Gasteiger partial charge in [0.1, 0.15) is 0 Å². The molecule has 0 saturated carbocycles. The lowest BCUT2D eigenvalue weighted by Gasteiger charge is -2.18. The second-order valence-corrected chi connectivity index (χ2v) is 4.54. The van der Waals surface area contributed by atoms with Crippen molar-refractivity contribution in [2.24, 2.45) is 0 Å². The average Bonchev–Trinajstić information content (AvgIpc) is 2.38. The van der Waals surface area contributed by atoms with Crippen LogP contribution in [0.3, 0.4) is 0 Å². The Morgan fingerprint density at radius 3 is 2.71 bits per heavy atom. The SMILES string of the molecule is CCN(CC)C(=O)CSc1cccc(C#N)c1. The molecular weight excluding hydrogens is 232 g/mol. The minimum Gasteiger partial charge on any atom is -0.343 e. The third kappa shape index (κ3) is 4.12. The molecule has 0 unspecified atom stereocenters. The molecule has 1 aromatic rings. The third-order valence-corrected chi connectivity index (χ3v) is 3.42. The number of nitriles is 1. The van der Waals surface area contributed by atoms with Crippen molar-refractivity contribution >= 4 is 17.7 Å². The van der Waals surface area contributed by atoms with Crippen molar-refractivity contribution in [2.45, 2.75) is 18.7 Å². The summed E-state index contributed by atoms with van der Waals surface area (Å²) in [6.45, 7) is 5.44. The van der Waals surface area contributed by atoms with E-state index in [1.54, 1.807) is 17.0 Å². The number of hydrogen-bond donors (Lipinski definition) is 0. The van der Waals surface area contributed by atoms with Gasteiger partial charge in [-0.1, -0.05) is 6.07 Å². The first-order chi connectivity index (χ1) is 8.21. The molecule has 0 radical (unpaired) electrons. The zero-order chi connectivity index (χ0) is 12.7. The van der Waals surface area contributed by atoms with Crippen LogP contribution < -0.4 is 0 Å². The van der Waals surface area contributed by atoms with Crippen molar-refractivity contribution in [3.8, 4) is 6.07 Å². The van der Waals surface area contributed by atoms with Gasteiger partial charge in [0.15, 0.2) is 0 Å². The van der Waals surface area contributed by atoms with Crippen LogP contribution in [-0.4, -0.2) is 29.6 Å². The summed E-state index contributed by atoms with van der Waals surface area (Å²) in [6, 6.07) is 9.41.